The highest BCUT2D eigenvalue weighted by Gasteiger charge is 2.15. The van der Waals surface area contributed by atoms with E-state index in [4.69, 9.17) is 23.2 Å². The fourth-order valence-electron chi connectivity index (χ4n) is 1.31. The molecule has 1 heterocycles. The minimum absolute atomic E-state index is 0.239. The summed E-state index contributed by atoms with van der Waals surface area (Å²) in [7, 11) is 0. The standard InChI is InChI=1S/C9H5Cl2NO2S/c10-4-7(13)12-8-5(11)2-1-3-6(8)15-9(12)14/h1-3H,4H2. The van der Waals surface area contributed by atoms with E-state index in [-0.39, 0.29) is 10.8 Å². The van der Waals surface area contributed by atoms with Crippen molar-refractivity contribution in [2.24, 2.45) is 0 Å². The van der Waals surface area contributed by atoms with Gasteiger partial charge in [-0.3, -0.25) is 9.59 Å². The summed E-state index contributed by atoms with van der Waals surface area (Å²) < 4.78 is 1.71. The Kier molecular flexibility index (Phi) is 2.82. The quantitative estimate of drug-likeness (QED) is 0.741. The van der Waals surface area contributed by atoms with E-state index in [1.165, 1.54) is 0 Å². The molecule has 2 aromatic rings. The Balaban J connectivity index is 2.89. The zero-order valence-corrected chi connectivity index (χ0v) is 9.70. The van der Waals surface area contributed by atoms with Gasteiger partial charge in [-0.2, -0.15) is 0 Å². The maximum atomic E-state index is 11.5. The lowest BCUT2D eigenvalue weighted by atomic mass is 10.3. The number of thiazole rings is 1. The van der Waals surface area contributed by atoms with Crippen molar-refractivity contribution in [1.29, 1.82) is 0 Å². The van der Waals surface area contributed by atoms with E-state index < -0.39 is 5.91 Å². The van der Waals surface area contributed by atoms with Crippen molar-refractivity contribution < 1.29 is 4.79 Å². The molecule has 0 aliphatic carbocycles. The zero-order chi connectivity index (χ0) is 11.0. The second-order valence-electron chi connectivity index (χ2n) is 2.82. The van der Waals surface area contributed by atoms with Gasteiger partial charge in [0.15, 0.2) is 0 Å². The lowest BCUT2D eigenvalue weighted by Crippen LogP contribution is -2.22. The van der Waals surface area contributed by atoms with Gasteiger partial charge in [0.05, 0.1) is 15.2 Å². The number of carbonyl (C=O) groups is 1. The molecular formula is C9H5Cl2NO2S. The van der Waals surface area contributed by atoms with Crippen molar-refractivity contribution in [1.82, 2.24) is 4.57 Å². The van der Waals surface area contributed by atoms with Gasteiger partial charge in [0.2, 0.25) is 5.91 Å². The Morgan fingerprint density at radius 2 is 2.20 bits per heavy atom. The van der Waals surface area contributed by atoms with Gasteiger partial charge in [-0.05, 0) is 12.1 Å². The number of fused-ring (bicyclic) bond motifs is 1. The van der Waals surface area contributed by atoms with Crippen LogP contribution in [-0.2, 0) is 0 Å². The van der Waals surface area contributed by atoms with Crippen LogP contribution >= 0.6 is 34.5 Å². The fraction of sp³-hybridized carbons (Fsp3) is 0.111. The molecule has 0 saturated carbocycles. The van der Waals surface area contributed by atoms with Gasteiger partial charge in [-0.25, -0.2) is 4.57 Å². The summed E-state index contributed by atoms with van der Waals surface area (Å²) in [6, 6.07) is 5.11. The van der Waals surface area contributed by atoms with E-state index in [1.807, 2.05) is 0 Å². The Labute approximate surface area is 98.8 Å². The van der Waals surface area contributed by atoms with Gasteiger partial charge in [-0.15, -0.1) is 11.6 Å². The van der Waals surface area contributed by atoms with Crippen molar-refractivity contribution in [2.75, 3.05) is 5.88 Å². The Hall–Kier alpha value is -0.840. The second kappa shape index (κ2) is 3.96. The minimum atomic E-state index is -0.457. The molecule has 0 atom stereocenters. The number of rotatable bonds is 1. The topological polar surface area (TPSA) is 39.1 Å². The molecule has 0 aliphatic rings. The number of hydrogen-bond acceptors (Lipinski definition) is 3. The van der Waals surface area contributed by atoms with Crippen LogP contribution in [0.2, 0.25) is 5.02 Å². The molecule has 0 aliphatic heterocycles. The Bertz CT molecular complexity index is 587. The molecule has 15 heavy (non-hydrogen) atoms. The molecule has 0 N–H and O–H groups in total. The van der Waals surface area contributed by atoms with Crippen LogP contribution in [0.15, 0.2) is 23.0 Å². The number of carbonyl (C=O) groups excluding carboxylic acids is 1. The van der Waals surface area contributed by atoms with Gasteiger partial charge in [0.25, 0.3) is 0 Å². The van der Waals surface area contributed by atoms with Crippen LogP contribution < -0.4 is 4.87 Å². The predicted molar refractivity (Wildman–Crippen MR) is 62.4 cm³/mol. The number of halogens is 2. The van der Waals surface area contributed by atoms with E-state index in [9.17, 15) is 9.59 Å². The first-order valence-corrected chi connectivity index (χ1v) is 5.77. The van der Waals surface area contributed by atoms with Crippen LogP contribution in [0.5, 0.6) is 0 Å². The molecule has 78 valence electrons. The Morgan fingerprint density at radius 1 is 1.47 bits per heavy atom. The largest absolute Gasteiger partial charge is 0.315 e. The van der Waals surface area contributed by atoms with Crippen molar-refractivity contribution in [3.63, 3.8) is 0 Å². The number of para-hydroxylation sites is 1. The SMILES string of the molecule is O=C(CCl)n1c(=O)sc2cccc(Cl)c21. The van der Waals surface area contributed by atoms with E-state index in [2.05, 4.69) is 0 Å². The van der Waals surface area contributed by atoms with E-state index in [1.54, 1.807) is 18.2 Å². The summed E-state index contributed by atoms with van der Waals surface area (Å²) in [5.74, 6) is -0.697. The molecule has 0 fully saturated rings. The van der Waals surface area contributed by atoms with Gasteiger partial charge >= 0.3 is 4.87 Å². The Morgan fingerprint density at radius 3 is 2.87 bits per heavy atom. The van der Waals surface area contributed by atoms with Crippen LogP contribution in [0.4, 0.5) is 0 Å². The van der Waals surface area contributed by atoms with Gasteiger partial charge in [0, 0.05) is 0 Å². The third-order valence-electron chi connectivity index (χ3n) is 1.92. The molecule has 1 aromatic carbocycles. The maximum absolute atomic E-state index is 11.5. The first-order chi connectivity index (χ1) is 7.15. The molecule has 2 rings (SSSR count). The van der Waals surface area contributed by atoms with Crippen molar-refractivity contribution >= 4 is 50.7 Å². The zero-order valence-electron chi connectivity index (χ0n) is 7.37. The lowest BCUT2D eigenvalue weighted by molar-refractivity contribution is 0.0943. The highest BCUT2D eigenvalue weighted by Crippen LogP contribution is 2.25. The number of alkyl halides is 1. The summed E-state index contributed by atoms with van der Waals surface area (Å²) in [6.45, 7) is 0. The summed E-state index contributed by atoms with van der Waals surface area (Å²) in [5, 5.41) is 0.379. The average Bonchev–Trinajstić information content (AvgIpc) is 2.55. The molecular weight excluding hydrogens is 257 g/mol. The predicted octanol–water partition coefficient (Wildman–Crippen LogP) is 2.60. The van der Waals surface area contributed by atoms with Crippen LogP contribution in [0.25, 0.3) is 10.2 Å². The summed E-state index contributed by atoms with van der Waals surface area (Å²) >= 11 is 12.3. The second-order valence-corrected chi connectivity index (χ2v) is 4.48. The van der Waals surface area contributed by atoms with Crippen molar-refractivity contribution in [2.45, 2.75) is 0 Å². The minimum Gasteiger partial charge on any atom is -0.273 e. The molecule has 0 radical (unpaired) electrons. The summed E-state index contributed by atoms with van der Waals surface area (Å²) in [4.78, 5) is 22.6. The average molecular weight is 262 g/mol. The number of hydrogen-bond donors (Lipinski definition) is 0. The highest BCUT2D eigenvalue weighted by atomic mass is 35.5. The number of nitrogens with zero attached hydrogens (tertiary/aromatic N) is 1. The normalized spacial score (nSPS) is 10.8. The van der Waals surface area contributed by atoms with E-state index in [0.29, 0.717) is 15.2 Å². The van der Waals surface area contributed by atoms with Crippen molar-refractivity contribution in [3.05, 3.63) is 32.9 Å². The number of benzene rings is 1. The third-order valence-corrected chi connectivity index (χ3v) is 3.36. The van der Waals surface area contributed by atoms with E-state index >= 15 is 0 Å². The molecule has 3 nitrogen and oxygen atoms in total. The first-order valence-electron chi connectivity index (χ1n) is 4.04. The molecule has 0 bridgehead atoms. The molecule has 1 aromatic heterocycles. The molecule has 0 unspecified atom stereocenters. The third kappa shape index (κ3) is 1.69. The van der Waals surface area contributed by atoms with Crippen LogP contribution in [0.3, 0.4) is 0 Å². The first kappa shape index (κ1) is 10.7. The van der Waals surface area contributed by atoms with Crippen LogP contribution in [0.1, 0.15) is 4.79 Å². The maximum Gasteiger partial charge on any atom is 0.315 e. The summed E-state index contributed by atoms with van der Waals surface area (Å²) in [6.07, 6.45) is 0. The molecule has 6 heteroatoms. The van der Waals surface area contributed by atoms with Gasteiger partial charge in [0.1, 0.15) is 5.88 Å². The van der Waals surface area contributed by atoms with Crippen LogP contribution in [-0.4, -0.2) is 16.4 Å². The molecule has 0 amide bonds. The van der Waals surface area contributed by atoms with Crippen molar-refractivity contribution in [3.8, 4) is 0 Å². The fourth-order valence-corrected chi connectivity index (χ4v) is 2.66. The smallest absolute Gasteiger partial charge is 0.273 e. The number of aromatic nitrogens is 1. The van der Waals surface area contributed by atoms with Crippen LogP contribution in [0, 0.1) is 0 Å². The summed E-state index contributed by atoms with van der Waals surface area (Å²) in [5.41, 5.74) is 0.444. The highest BCUT2D eigenvalue weighted by molar-refractivity contribution is 7.16. The molecule has 0 saturated heterocycles. The van der Waals surface area contributed by atoms with Gasteiger partial charge in [-0.1, -0.05) is 29.0 Å². The monoisotopic (exact) mass is 261 g/mol. The lowest BCUT2D eigenvalue weighted by Gasteiger charge is -1.99. The van der Waals surface area contributed by atoms with Gasteiger partial charge < -0.3 is 0 Å². The molecule has 0 spiro atoms. The van der Waals surface area contributed by atoms with E-state index in [0.717, 1.165) is 15.9 Å².